The molecule has 0 saturated carbocycles. The van der Waals surface area contributed by atoms with E-state index in [1.165, 1.54) is 0 Å². The van der Waals surface area contributed by atoms with Crippen LogP contribution in [0.1, 0.15) is 43.4 Å². The van der Waals surface area contributed by atoms with Crippen molar-refractivity contribution in [3.8, 4) is 5.75 Å². The van der Waals surface area contributed by atoms with Crippen LogP contribution in [0.2, 0.25) is 0 Å². The monoisotopic (exact) mass is 515 g/mol. The summed E-state index contributed by atoms with van der Waals surface area (Å²) in [6, 6.07) is 7.44. The molecule has 2 rings (SSSR count). The summed E-state index contributed by atoms with van der Waals surface area (Å²) in [5.41, 5.74) is 8.14. The third kappa shape index (κ3) is 7.92. The Labute approximate surface area is 188 Å². The van der Waals surface area contributed by atoms with Crippen molar-refractivity contribution < 1.29 is 14.1 Å². The van der Waals surface area contributed by atoms with Crippen molar-refractivity contribution in [2.45, 2.75) is 46.7 Å². The zero-order valence-corrected chi connectivity index (χ0v) is 19.5. The largest absolute Gasteiger partial charge is 0.484 e. The summed E-state index contributed by atoms with van der Waals surface area (Å²) < 4.78 is 10.8. The van der Waals surface area contributed by atoms with Crippen LogP contribution in [0.3, 0.4) is 0 Å². The number of ether oxygens (including phenoxy) is 1. The molecule has 0 bridgehead atoms. The summed E-state index contributed by atoms with van der Waals surface area (Å²) in [7, 11) is 0. The Morgan fingerprint density at radius 3 is 2.69 bits per heavy atom. The van der Waals surface area contributed by atoms with Gasteiger partial charge in [0.05, 0.1) is 12.2 Å². The van der Waals surface area contributed by atoms with Crippen molar-refractivity contribution in [1.82, 2.24) is 15.8 Å². The Morgan fingerprint density at radius 1 is 1.24 bits per heavy atom. The van der Waals surface area contributed by atoms with Crippen molar-refractivity contribution in [2.75, 3.05) is 13.2 Å². The summed E-state index contributed by atoms with van der Waals surface area (Å²) in [5, 5.41) is 10.7. The topological polar surface area (TPSA) is 115 Å². The first-order chi connectivity index (χ1) is 13.6. The number of benzene rings is 1. The van der Waals surface area contributed by atoms with Crippen LogP contribution in [0.5, 0.6) is 5.75 Å². The highest BCUT2D eigenvalue weighted by Gasteiger charge is 2.13. The average Bonchev–Trinajstić information content (AvgIpc) is 3.10. The number of hydrogen-bond donors (Lipinski definition) is 3. The molecule has 1 aromatic heterocycles. The third-order valence-electron chi connectivity index (χ3n) is 4.08. The second-order valence-corrected chi connectivity index (χ2v) is 6.19. The number of hydrogen-bond acceptors (Lipinski definition) is 5. The van der Waals surface area contributed by atoms with Crippen LogP contribution in [-0.2, 0) is 30.7 Å². The number of carbonyl (C=O) groups excluding carboxylic acids is 1. The molecule has 0 spiro atoms. The molecule has 29 heavy (non-hydrogen) atoms. The quantitative estimate of drug-likeness (QED) is 0.255. The molecule has 2 aromatic rings. The SMILES string of the molecule is CCNC(=NCc1cccc(OCC(N)=O)c1)NCc1c(CC)noc1CC.I. The van der Waals surface area contributed by atoms with Gasteiger partial charge in [-0.05, 0) is 31.0 Å². The van der Waals surface area contributed by atoms with Crippen molar-refractivity contribution in [1.29, 1.82) is 0 Å². The van der Waals surface area contributed by atoms with E-state index in [2.05, 4.69) is 34.6 Å². The Kier molecular flexibility index (Phi) is 11.1. The molecule has 1 heterocycles. The second-order valence-electron chi connectivity index (χ2n) is 6.19. The minimum atomic E-state index is -0.506. The van der Waals surface area contributed by atoms with Gasteiger partial charge in [-0.3, -0.25) is 4.79 Å². The Bertz CT molecular complexity index is 786. The first kappa shape index (κ1) is 24.7. The van der Waals surface area contributed by atoms with E-state index < -0.39 is 5.91 Å². The first-order valence-corrected chi connectivity index (χ1v) is 9.55. The van der Waals surface area contributed by atoms with Crippen molar-refractivity contribution >= 4 is 35.8 Å². The maximum Gasteiger partial charge on any atom is 0.255 e. The molecule has 1 amide bonds. The number of rotatable bonds is 10. The molecule has 0 atom stereocenters. The standard InChI is InChI=1S/C20H29N5O3.HI/c1-4-17-16(18(5-2)28-25-17)12-24-20(22-6-3)23-11-14-8-7-9-15(10-14)27-13-19(21)26;/h7-10H,4-6,11-13H2,1-3H3,(H2,21,26)(H2,22,23,24);1H. The van der Waals surface area contributed by atoms with Crippen LogP contribution in [0, 0.1) is 0 Å². The molecule has 0 radical (unpaired) electrons. The van der Waals surface area contributed by atoms with Gasteiger partial charge < -0.3 is 25.6 Å². The normalized spacial score (nSPS) is 10.9. The summed E-state index contributed by atoms with van der Waals surface area (Å²) >= 11 is 0. The molecular weight excluding hydrogens is 485 g/mol. The smallest absolute Gasteiger partial charge is 0.255 e. The first-order valence-electron chi connectivity index (χ1n) is 9.55. The molecular formula is C20H30IN5O3. The lowest BCUT2D eigenvalue weighted by atomic mass is 10.1. The van der Waals surface area contributed by atoms with Crippen molar-refractivity contribution in [2.24, 2.45) is 10.7 Å². The van der Waals surface area contributed by atoms with Gasteiger partial charge >= 0.3 is 0 Å². The number of aryl methyl sites for hydroxylation is 2. The van der Waals surface area contributed by atoms with Gasteiger partial charge in [0.2, 0.25) is 0 Å². The number of primary amides is 1. The molecule has 0 aliphatic heterocycles. The van der Waals surface area contributed by atoms with Gasteiger partial charge in [-0.25, -0.2) is 4.99 Å². The van der Waals surface area contributed by atoms with Gasteiger partial charge in [0.25, 0.3) is 5.91 Å². The van der Waals surface area contributed by atoms with E-state index in [4.69, 9.17) is 15.0 Å². The number of carbonyl (C=O) groups is 1. The highest BCUT2D eigenvalue weighted by Crippen LogP contribution is 2.16. The molecule has 160 valence electrons. The van der Waals surface area contributed by atoms with Gasteiger partial charge in [-0.1, -0.05) is 31.1 Å². The van der Waals surface area contributed by atoms with E-state index in [0.29, 0.717) is 24.8 Å². The highest BCUT2D eigenvalue weighted by molar-refractivity contribution is 14.0. The maximum absolute atomic E-state index is 10.9. The predicted octanol–water partition coefficient (Wildman–Crippen LogP) is 2.54. The number of aliphatic imine (C=N–C) groups is 1. The number of amides is 1. The lowest BCUT2D eigenvalue weighted by molar-refractivity contribution is -0.119. The molecule has 0 unspecified atom stereocenters. The van der Waals surface area contributed by atoms with E-state index >= 15 is 0 Å². The van der Waals surface area contributed by atoms with Crippen LogP contribution in [-0.4, -0.2) is 30.2 Å². The fourth-order valence-electron chi connectivity index (χ4n) is 2.71. The Balaban J connectivity index is 0.00000420. The summed E-state index contributed by atoms with van der Waals surface area (Å²) in [6.45, 7) is 7.80. The molecule has 0 saturated heterocycles. The minimum Gasteiger partial charge on any atom is -0.484 e. The fraction of sp³-hybridized carbons (Fsp3) is 0.450. The van der Waals surface area contributed by atoms with Crippen molar-refractivity contribution in [3.63, 3.8) is 0 Å². The zero-order valence-electron chi connectivity index (χ0n) is 17.2. The number of nitrogens with one attached hydrogen (secondary N) is 2. The fourth-order valence-corrected chi connectivity index (χ4v) is 2.71. The third-order valence-corrected chi connectivity index (χ3v) is 4.08. The van der Waals surface area contributed by atoms with Crippen molar-refractivity contribution in [3.05, 3.63) is 46.8 Å². The van der Waals surface area contributed by atoms with E-state index in [-0.39, 0.29) is 30.6 Å². The van der Waals surface area contributed by atoms with Crippen LogP contribution < -0.4 is 21.1 Å². The molecule has 4 N–H and O–H groups in total. The number of guanidine groups is 1. The Hall–Kier alpha value is -2.30. The minimum absolute atomic E-state index is 0. The maximum atomic E-state index is 10.9. The van der Waals surface area contributed by atoms with E-state index in [1.54, 1.807) is 6.07 Å². The van der Waals surface area contributed by atoms with E-state index in [1.807, 2.05) is 25.1 Å². The highest BCUT2D eigenvalue weighted by atomic mass is 127. The number of halogens is 1. The van der Waals surface area contributed by atoms with E-state index in [0.717, 1.165) is 42.0 Å². The summed E-state index contributed by atoms with van der Waals surface area (Å²) in [4.78, 5) is 15.5. The average molecular weight is 515 g/mol. The lowest BCUT2D eigenvalue weighted by Gasteiger charge is -2.12. The van der Waals surface area contributed by atoms with Crippen LogP contribution in [0.15, 0.2) is 33.8 Å². The summed E-state index contributed by atoms with van der Waals surface area (Å²) in [6.07, 6.45) is 1.63. The number of nitrogens with two attached hydrogens (primary N) is 1. The Morgan fingerprint density at radius 2 is 2.03 bits per heavy atom. The molecule has 0 aliphatic carbocycles. The van der Waals surface area contributed by atoms with Gasteiger partial charge in [0.1, 0.15) is 11.5 Å². The van der Waals surface area contributed by atoms with Gasteiger partial charge in [0.15, 0.2) is 12.6 Å². The van der Waals surface area contributed by atoms with Gasteiger partial charge in [-0.15, -0.1) is 24.0 Å². The lowest BCUT2D eigenvalue weighted by Crippen LogP contribution is -2.37. The predicted molar refractivity (Wildman–Crippen MR) is 123 cm³/mol. The number of nitrogens with zero attached hydrogens (tertiary/aromatic N) is 2. The number of aromatic nitrogens is 1. The summed E-state index contributed by atoms with van der Waals surface area (Å²) in [5.74, 6) is 1.69. The van der Waals surface area contributed by atoms with Crippen LogP contribution in [0.4, 0.5) is 0 Å². The van der Waals surface area contributed by atoms with Crippen LogP contribution in [0.25, 0.3) is 0 Å². The van der Waals surface area contributed by atoms with E-state index in [9.17, 15) is 4.79 Å². The second kappa shape index (κ2) is 13.0. The molecule has 0 fully saturated rings. The van der Waals surface area contributed by atoms with Gasteiger partial charge in [0, 0.05) is 25.1 Å². The molecule has 0 aliphatic rings. The molecule has 8 nitrogen and oxygen atoms in total. The van der Waals surface area contributed by atoms with Crippen LogP contribution >= 0.6 is 24.0 Å². The zero-order chi connectivity index (χ0) is 20.4. The molecule has 9 heteroatoms. The molecule has 1 aromatic carbocycles. The van der Waals surface area contributed by atoms with Gasteiger partial charge in [-0.2, -0.15) is 0 Å².